The number of hydrogen-bond donors (Lipinski definition) is 1. The molecular weight excluding hydrogens is 384 g/mol. The lowest BCUT2D eigenvalue weighted by Crippen LogP contribution is -2.48. The zero-order chi connectivity index (χ0) is 21.2. The van der Waals surface area contributed by atoms with Crippen LogP contribution in [-0.4, -0.2) is 64.9 Å². The van der Waals surface area contributed by atoms with E-state index in [1.165, 1.54) is 29.5 Å². The molecule has 162 valence electrons. The molecule has 1 aromatic heterocycles. The monoisotopic (exact) mass is 416 g/mol. The number of likely N-dealkylation sites (tertiary alicyclic amines) is 1. The molecule has 2 fully saturated rings. The van der Waals surface area contributed by atoms with Crippen molar-refractivity contribution >= 4 is 16.8 Å². The van der Waals surface area contributed by atoms with Crippen molar-refractivity contribution in [3.8, 4) is 0 Å². The van der Waals surface area contributed by atoms with Crippen LogP contribution in [0.15, 0.2) is 48.7 Å². The summed E-state index contributed by atoms with van der Waals surface area (Å²) in [5, 5.41) is 1.11. The first kappa shape index (κ1) is 20.3. The summed E-state index contributed by atoms with van der Waals surface area (Å²) in [4.78, 5) is 23.9. The van der Waals surface area contributed by atoms with Gasteiger partial charge in [-0.3, -0.25) is 14.6 Å². The van der Waals surface area contributed by atoms with Gasteiger partial charge in [0.1, 0.15) is 0 Å². The number of benzene rings is 2. The van der Waals surface area contributed by atoms with E-state index in [0.29, 0.717) is 0 Å². The Balaban J connectivity index is 1.28. The lowest BCUT2D eigenvalue weighted by Gasteiger charge is -2.35. The third kappa shape index (κ3) is 4.39. The van der Waals surface area contributed by atoms with Gasteiger partial charge in [-0.05, 0) is 56.1 Å². The minimum atomic E-state index is 0.169. The topological polar surface area (TPSA) is 42.6 Å². The first-order valence-corrected chi connectivity index (χ1v) is 11.6. The molecule has 0 spiro atoms. The van der Waals surface area contributed by atoms with E-state index in [1.807, 2.05) is 17.0 Å². The van der Waals surface area contributed by atoms with E-state index in [0.717, 1.165) is 68.8 Å². The summed E-state index contributed by atoms with van der Waals surface area (Å²) in [5.41, 5.74) is 5.80. The fourth-order valence-electron chi connectivity index (χ4n) is 4.97. The van der Waals surface area contributed by atoms with Crippen LogP contribution in [0.3, 0.4) is 0 Å². The minimum absolute atomic E-state index is 0.169. The highest BCUT2D eigenvalue weighted by Crippen LogP contribution is 2.26. The van der Waals surface area contributed by atoms with Gasteiger partial charge in [-0.1, -0.05) is 35.9 Å². The molecule has 3 aromatic rings. The number of rotatable bonds is 5. The highest BCUT2D eigenvalue weighted by Gasteiger charge is 2.25. The highest BCUT2D eigenvalue weighted by atomic mass is 16.2. The van der Waals surface area contributed by atoms with Crippen LogP contribution in [0, 0.1) is 6.92 Å². The number of amides is 1. The molecule has 0 radical (unpaired) electrons. The molecule has 1 amide bonds. The Kier molecular flexibility index (Phi) is 5.79. The van der Waals surface area contributed by atoms with E-state index >= 15 is 0 Å². The molecular formula is C26H32N4O. The fraction of sp³-hybridized carbons (Fsp3) is 0.423. The molecule has 31 heavy (non-hydrogen) atoms. The lowest BCUT2D eigenvalue weighted by atomic mass is 10.0. The number of nitrogens with zero attached hydrogens (tertiary/aromatic N) is 3. The molecule has 0 atom stereocenters. The van der Waals surface area contributed by atoms with Gasteiger partial charge in [0, 0.05) is 61.9 Å². The van der Waals surface area contributed by atoms with Crippen LogP contribution in [0.25, 0.3) is 10.9 Å². The number of fused-ring (bicyclic) bond motifs is 1. The molecule has 2 aromatic carbocycles. The normalized spacial score (nSPS) is 18.2. The van der Waals surface area contributed by atoms with Crippen molar-refractivity contribution in [2.45, 2.75) is 32.9 Å². The molecule has 0 unspecified atom stereocenters. The number of hydrogen-bond acceptors (Lipinski definition) is 3. The molecule has 0 saturated carbocycles. The SMILES string of the molecule is Cc1ccc(CN2CCN(C(=O)c3cccc4[nH]cc(CN5CCCC5)c34)CC2)cc1. The number of nitrogens with one attached hydrogen (secondary N) is 1. The Morgan fingerprint density at radius 1 is 0.871 bits per heavy atom. The third-order valence-corrected chi connectivity index (χ3v) is 6.80. The van der Waals surface area contributed by atoms with Crippen molar-refractivity contribution in [2.24, 2.45) is 0 Å². The second-order valence-corrected chi connectivity index (χ2v) is 9.08. The van der Waals surface area contributed by atoms with Gasteiger partial charge in [-0.15, -0.1) is 0 Å². The zero-order valence-electron chi connectivity index (χ0n) is 18.4. The van der Waals surface area contributed by atoms with Crippen LogP contribution in [-0.2, 0) is 13.1 Å². The quantitative estimate of drug-likeness (QED) is 0.683. The van der Waals surface area contributed by atoms with E-state index < -0.39 is 0 Å². The summed E-state index contributed by atoms with van der Waals surface area (Å²) >= 11 is 0. The molecule has 2 aliphatic heterocycles. The van der Waals surface area contributed by atoms with Gasteiger partial charge in [0.15, 0.2) is 0 Å². The maximum atomic E-state index is 13.5. The number of carbonyl (C=O) groups excluding carboxylic acids is 1. The van der Waals surface area contributed by atoms with Crippen LogP contribution in [0.4, 0.5) is 0 Å². The van der Waals surface area contributed by atoms with Crippen molar-refractivity contribution in [1.29, 1.82) is 0 Å². The summed E-state index contributed by atoms with van der Waals surface area (Å²) in [6.07, 6.45) is 4.65. The Labute approximate surface area is 184 Å². The van der Waals surface area contributed by atoms with Crippen LogP contribution in [0.1, 0.15) is 39.9 Å². The predicted octanol–water partition coefficient (Wildman–Crippen LogP) is 4.03. The summed E-state index contributed by atoms with van der Waals surface area (Å²) in [6, 6.07) is 14.9. The van der Waals surface area contributed by atoms with Crippen molar-refractivity contribution in [3.05, 3.63) is 70.9 Å². The van der Waals surface area contributed by atoms with Gasteiger partial charge in [-0.25, -0.2) is 0 Å². The van der Waals surface area contributed by atoms with E-state index in [1.54, 1.807) is 0 Å². The fourth-order valence-corrected chi connectivity index (χ4v) is 4.97. The number of aromatic nitrogens is 1. The third-order valence-electron chi connectivity index (χ3n) is 6.80. The summed E-state index contributed by atoms with van der Waals surface area (Å²) in [7, 11) is 0. The molecule has 2 saturated heterocycles. The molecule has 3 heterocycles. The molecule has 5 nitrogen and oxygen atoms in total. The van der Waals surface area contributed by atoms with Crippen LogP contribution in [0.2, 0.25) is 0 Å². The van der Waals surface area contributed by atoms with Gasteiger partial charge >= 0.3 is 0 Å². The van der Waals surface area contributed by atoms with Crippen molar-refractivity contribution < 1.29 is 4.79 Å². The van der Waals surface area contributed by atoms with E-state index in [2.05, 4.69) is 58.2 Å². The van der Waals surface area contributed by atoms with Crippen LogP contribution < -0.4 is 0 Å². The summed E-state index contributed by atoms with van der Waals surface area (Å²) < 4.78 is 0. The molecule has 1 N–H and O–H groups in total. The van der Waals surface area contributed by atoms with Gasteiger partial charge < -0.3 is 9.88 Å². The number of carbonyl (C=O) groups is 1. The second-order valence-electron chi connectivity index (χ2n) is 9.08. The van der Waals surface area contributed by atoms with Gasteiger partial charge in [-0.2, -0.15) is 0 Å². The number of H-pyrrole nitrogens is 1. The van der Waals surface area contributed by atoms with E-state index in [4.69, 9.17) is 0 Å². The second kappa shape index (κ2) is 8.85. The first-order valence-electron chi connectivity index (χ1n) is 11.6. The van der Waals surface area contributed by atoms with Gasteiger partial charge in [0.2, 0.25) is 0 Å². The maximum absolute atomic E-state index is 13.5. The highest BCUT2D eigenvalue weighted by molar-refractivity contribution is 6.07. The smallest absolute Gasteiger partial charge is 0.254 e. The van der Waals surface area contributed by atoms with Crippen molar-refractivity contribution in [3.63, 3.8) is 0 Å². The molecule has 0 aliphatic carbocycles. The van der Waals surface area contributed by atoms with Crippen molar-refractivity contribution in [1.82, 2.24) is 19.7 Å². The predicted molar refractivity (Wildman–Crippen MR) is 125 cm³/mol. The molecule has 5 rings (SSSR count). The van der Waals surface area contributed by atoms with Gasteiger partial charge in [0.25, 0.3) is 5.91 Å². The van der Waals surface area contributed by atoms with E-state index in [-0.39, 0.29) is 5.91 Å². The Bertz CT molecular complexity index is 1040. The van der Waals surface area contributed by atoms with Gasteiger partial charge in [0.05, 0.1) is 0 Å². The first-order chi connectivity index (χ1) is 15.2. The standard InChI is InChI=1S/C26H32N4O/c1-20-7-9-21(10-8-20)18-29-13-15-30(16-14-29)26(31)23-5-4-6-24-25(23)22(17-27-24)19-28-11-2-3-12-28/h4-10,17,27H,2-3,11-16,18-19H2,1H3. The summed E-state index contributed by atoms with van der Waals surface area (Å²) in [5.74, 6) is 0.169. The largest absolute Gasteiger partial charge is 0.361 e. The Hall–Kier alpha value is -2.63. The summed E-state index contributed by atoms with van der Waals surface area (Å²) in [6.45, 7) is 9.73. The number of piperazine rings is 1. The van der Waals surface area contributed by atoms with Crippen molar-refractivity contribution in [2.75, 3.05) is 39.3 Å². The number of aryl methyl sites for hydroxylation is 1. The Morgan fingerprint density at radius 3 is 2.32 bits per heavy atom. The maximum Gasteiger partial charge on any atom is 0.254 e. The average Bonchev–Trinajstić information content (AvgIpc) is 3.46. The zero-order valence-corrected chi connectivity index (χ0v) is 18.4. The average molecular weight is 417 g/mol. The van der Waals surface area contributed by atoms with Crippen LogP contribution >= 0.6 is 0 Å². The molecule has 2 aliphatic rings. The lowest BCUT2D eigenvalue weighted by molar-refractivity contribution is 0.0630. The number of aromatic amines is 1. The minimum Gasteiger partial charge on any atom is -0.361 e. The molecule has 5 heteroatoms. The molecule has 0 bridgehead atoms. The van der Waals surface area contributed by atoms with Crippen LogP contribution in [0.5, 0.6) is 0 Å². The Morgan fingerprint density at radius 2 is 1.58 bits per heavy atom. The van der Waals surface area contributed by atoms with E-state index in [9.17, 15) is 4.79 Å².